The summed E-state index contributed by atoms with van der Waals surface area (Å²) < 4.78 is 10.7. The van der Waals surface area contributed by atoms with Crippen LogP contribution in [0.25, 0.3) is 0 Å². The molecule has 1 aliphatic rings. The molecule has 1 aliphatic heterocycles. The minimum atomic E-state index is -0.364. The second-order valence-electron chi connectivity index (χ2n) is 5.44. The molecule has 1 atom stereocenters. The highest BCUT2D eigenvalue weighted by atomic mass is 35.5. The number of pyridine rings is 1. The molecule has 0 aliphatic carbocycles. The van der Waals surface area contributed by atoms with Gasteiger partial charge in [0.2, 0.25) is 5.89 Å². The van der Waals surface area contributed by atoms with Crippen LogP contribution in [0.5, 0.6) is 0 Å². The number of carbonyl (C=O) groups excluding carboxylic acids is 1. The van der Waals surface area contributed by atoms with Crippen molar-refractivity contribution in [2.45, 2.75) is 25.8 Å². The molecular formula is C15H17ClN4O3. The molecule has 0 spiro atoms. The molecule has 122 valence electrons. The standard InChI is InChI=1S/C15H17ClN4O3/c1-9-18-15(23-20-9)13(10-3-6-22-7-4-10)19-14(21)11-2-5-17-8-12(11)16/h2,5,8,10,13H,3-4,6-7H2,1H3,(H,19,21). The summed E-state index contributed by atoms with van der Waals surface area (Å²) in [6.07, 6.45) is 4.60. The van der Waals surface area contributed by atoms with E-state index in [0.717, 1.165) is 12.8 Å². The molecule has 7 nitrogen and oxygen atoms in total. The van der Waals surface area contributed by atoms with Crippen molar-refractivity contribution in [3.8, 4) is 0 Å². The second-order valence-corrected chi connectivity index (χ2v) is 5.84. The zero-order valence-corrected chi connectivity index (χ0v) is 13.4. The third-order valence-electron chi connectivity index (χ3n) is 3.85. The number of aryl methyl sites for hydroxylation is 1. The van der Waals surface area contributed by atoms with Crippen molar-refractivity contribution in [1.29, 1.82) is 0 Å². The van der Waals surface area contributed by atoms with Crippen LogP contribution in [0.4, 0.5) is 0 Å². The molecule has 0 radical (unpaired) electrons. The third kappa shape index (κ3) is 3.68. The van der Waals surface area contributed by atoms with E-state index in [2.05, 4.69) is 20.4 Å². The molecule has 0 bridgehead atoms. The number of nitrogens with zero attached hydrogens (tertiary/aromatic N) is 3. The van der Waals surface area contributed by atoms with Crippen LogP contribution in [-0.2, 0) is 4.74 Å². The SMILES string of the molecule is Cc1noc(C(NC(=O)c2ccncc2Cl)C2CCOCC2)n1. The molecule has 1 amide bonds. The van der Waals surface area contributed by atoms with E-state index in [4.69, 9.17) is 20.9 Å². The molecule has 8 heteroatoms. The minimum absolute atomic E-state index is 0.174. The first-order valence-corrected chi connectivity index (χ1v) is 7.81. The Bertz CT molecular complexity index is 685. The molecule has 0 aromatic carbocycles. The van der Waals surface area contributed by atoms with Crippen LogP contribution < -0.4 is 5.32 Å². The number of carbonyl (C=O) groups is 1. The van der Waals surface area contributed by atoms with Gasteiger partial charge in [-0.3, -0.25) is 9.78 Å². The van der Waals surface area contributed by atoms with E-state index < -0.39 is 0 Å². The van der Waals surface area contributed by atoms with Crippen molar-refractivity contribution in [3.63, 3.8) is 0 Å². The maximum atomic E-state index is 12.6. The zero-order chi connectivity index (χ0) is 16.2. The Morgan fingerprint density at radius 1 is 1.43 bits per heavy atom. The van der Waals surface area contributed by atoms with E-state index in [1.807, 2.05) is 0 Å². The van der Waals surface area contributed by atoms with Gasteiger partial charge in [0.1, 0.15) is 6.04 Å². The Morgan fingerprint density at radius 2 is 2.22 bits per heavy atom. The second kappa shape index (κ2) is 7.06. The lowest BCUT2D eigenvalue weighted by Crippen LogP contribution is -2.36. The Kier molecular flexibility index (Phi) is 4.88. The van der Waals surface area contributed by atoms with Crippen LogP contribution in [0.1, 0.15) is 41.0 Å². The number of rotatable bonds is 4. The van der Waals surface area contributed by atoms with Gasteiger partial charge in [0.15, 0.2) is 5.82 Å². The van der Waals surface area contributed by atoms with E-state index in [1.54, 1.807) is 13.0 Å². The highest BCUT2D eigenvalue weighted by molar-refractivity contribution is 6.33. The molecule has 23 heavy (non-hydrogen) atoms. The normalized spacial score (nSPS) is 17.0. The summed E-state index contributed by atoms with van der Waals surface area (Å²) in [5.41, 5.74) is 0.370. The number of hydrogen-bond acceptors (Lipinski definition) is 6. The van der Waals surface area contributed by atoms with Crippen molar-refractivity contribution in [3.05, 3.63) is 40.8 Å². The first-order chi connectivity index (χ1) is 11.1. The third-order valence-corrected chi connectivity index (χ3v) is 4.15. The monoisotopic (exact) mass is 336 g/mol. The van der Waals surface area contributed by atoms with Crippen LogP contribution in [0, 0.1) is 12.8 Å². The summed E-state index contributed by atoms with van der Waals surface area (Å²) >= 11 is 6.04. The van der Waals surface area contributed by atoms with E-state index in [9.17, 15) is 4.79 Å². The van der Waals surface area contributed by atoms with Crippen LogP contribution in [-0.4, -0.2) is 34.2 Å². The molecule has 1 N–H and O–H groups in total. The lowest BCUT2D eigenvalue weighted by molar-refractivity contribution is 0.0468. The fourth-order valence-corrected chi connectivity index (χ4v) is 2.85. The summed E-state index contributed by atoms with van der Waals surface area (Å²) in [7, 11) is 0. The summed E-state index contributed by atoms with van der Waals surface area (Å²) in [4.78, 5) is 20.7. The highest BCUT2D eigenvalue weighted by Gasteiger charge is 2.31. The molecule has 1 unspecified atom stereocenters. The fourth-order valence-electron chi connectivity index (χ4n) is 2.65. The smallest absolute Gasteiger partial charge is 0.253 e. The van der Waals surface area contributed by atoms with Gasteiger partial charge in [-0.25, -0.2) is 0 Å². The van der Waals surface area contributed by atoms with E-state index >= 15 is 0 Å². The number of ether oxygens (including phenoxy) is 1. The van der Waals surface area contributed by atoms with Crippen molar-refractivity contribution in [2.75, 3.05) is 13.2 Å². The summed E-state index contributed by atoms with van der Waals surface area (Å²) in [6, 6.07) is 1.22. The quantitative estimate of drug-likeness (QED) is 0.921. The summed E-state index contributed by atoms with van der Waals surface area (Å²) in [5.74, 6) is 0.832. The van der Waals surface area contributed by atoms with Gasteiger partial charge in [-0.2, -0.15) is 4.98 Å². The number of nitrogens with one attached hydrogen (secondary N) is 1. The van der Waals surface area contributed by atoms with Gasteiger partial charge < -0.3 is 14.6 Å². The van der Waals surface area contributed by atoms with Gasteiger partial charge in [0, 0.05) is 25.6 Å². The maximum Gasteiger partial charge on any atom is 0.253 e. The predicted octanol–water partition coefficient (Wildman–Crippen LogP) is 2.32. The molecule has 3 rings (SSSR count). The lowest BCUT2D eigenvalue weighted by atomic mass is 9.91. The van der Waals surface area contributed by atoms with E-state index in [0.29, 0.717) is 35.5 Å². The van der Waals surface area contributed by atoms with Crippen molar-refractivity contribution in [1.82, 2.24) is 20.4 Å². The van der Waals surface area contributed by atoms with E-state index in [1.165, 1.54) is 12.4 Å². The van der Waals surface area contributed by atoms with Crippen molar-refractivity contribution in [2.24, 2.45) is 5.92 Å². The van der Waals surface area contributed by atoms with Gasteiger partial charge in [-0.05, 0) is 31.7 Å². The van der Waals surface area contributed by atoms with Crippen molar-refractivity contribution < 1.29 is 14.1 Å². The van der Waals surface area contributed by atoms with E-state index in [-0.39, 0.29) is 17.9 Å². The Labute approximate surface area is 138 Å². The van der Waals surface area contributed by atoms with Gasteiger partial charge in [0.05, 0.1) is 10.6 Å². The predicted molar refractivity (Wildman–Crippen MR) is 82.0 cm³/mol. The summed E-state index contributed by atoms with van der Waals surface area (Å²) in [6.45, 7) is 3.05. The molecular weight excluding hydrogens is 320 g/mol. The summed E-state index contributed by atoms with van der Waals surface area (Å²) in [5, 5.41) is 7.10. The number of hydrogen-bond donors (Lipinski definition) is 1. The Morgan fingerprint density at radius 3 is 2.87 bits per heavy atom. The van der Waals surface area contributed by atoms with Gasteiger partial charge in [-0.15, -0.1) is 0 Å². The van der Waals surface area contributed by atoms with Crippen LogP contribution in [0.2, 0.25) is 5.02 Å². The number of halogens is 1. The number of amides is 1. The highest BCUT2D eigenvalue weighted by Crippen LogP contribution is 2.30. The van der Waals surface area contributed by atoms with Gasteiger partial charge in [-0.1, -0.05) is 16.8 Å². The lowest BCUT2D eigenvalue weighted by Gasteiger charge is -2.28. The largest absolute Gasteiger partial charge is 0.381 e. The Hall–Kier alpha value is -1.99. The number of aromatic nitrogens is 3. The first kappa shape index (κ1) is 15.9. The fraction of sp³-hybridized carbons (Fsp3) is 0.467. The molecule has 1 saturated heterocycles. The molecule has 3 heterocycles. The topological polar surface area (TPSA) is 90.1 Å². The minimum Gasteiger partial charge on any atom is -0.381 e. The first-order valence-electron chi connectivity index (χ1n) is 7.43. The molecule has 2 aromatic rings. The van der Waals surface area contributed by atoms with Crippen molar-refractivity contribution >= 4 is 17.5 Å². The van der Waals surface area contributed by atoms with Crippen LogP contribution in [0.3, 0.4) is 0 Å². The molecule has 1 fully saturated rings. The molecule has 0 saturated carbocycles. The average molecular weight is 337 g/mol. The molecule has 2 aromatic heterocycles. The average Bonchev–Trinajstić information content (AvgIpc) is 3.00. The zero-order valence-electron chi connectivity index (χ0n) is 12.7. The van der Waals surface area contributed by atoms with Gasteiger partial charge >= 0.3 is 0 Å². The Balaban J connectivity index is 1.83. The maximum absolute atomic E-state index is 12.6. The van der Waals surface area contributed by atoms with Gasteiger partial charge in [0.25, 0.3) is 5.91 Å². The van der Waals surface area contributed by atoms with Crippen LogP contribution in [0.15, 0.2) is 23.0 Å². The van der Waals surface area contributed by atoms with Crippen LogP contribution >= 0.6 is 11.6 Å².